The van der Waals surface area contributed by atoms with Gasteiger partial charge in [-0.25, -0.2) is 0 Å². The highest BCUT2D eigenvalue weighted by molar-refractivity contribution is 5.03. The van der Waals surface area contributed by atoms with Crippen molar-refractivity contribution in [3.63, 3.8) is 0 Å². The summed E-state index contributed by atoms with van der Waals surface area (Å²) in [6, 6.07) is 4.00. The maximum absolute atomic E-state index is 5.39. The molecule has 0 atom stereocenters. The predicted molar refractivity (Wildman–Crippen MR) is 72.7 cm³/mol. The Balaban J connectivity index is 1.39. The number of furan rings is 1. The molecule has 0 radical (unpaired) electrons. The molecular formula is C14H20N4O. The van der Waals surface area contributed by atoms with E-state index in [-0.39, 0.29) is 0 Å². The van der Waals surface area contributed by atoms with Gasteiger partial charge >= 0.3 is 0 Å². The van der Waals surface area contributed by atoms with Gasteiger partial charge in [-0.1, -0.05) is 0 Å². The summed E-state index contributed by atoms with van der Waals surface area (Å²) in [5.41, 5.74) is 1.29. The van der Waals surface area contributed by atoms with Crippen LogP contribution in [-0.2, 0) is 13.0 Å². The fraction of sp³-hybridized carbons (Fsp3) is 0.500. The minimum Gasteiger partial charge on any atom is -0.468 e. The van der Waals surface area contributed by atoms with Crippen molar-refractivity contribution in [1.29, 1.82) is 0 Å². The molecule has 0 unspecified atom stereocenters. The zero-order valence-corrected chi connectivity index (χ0v) is 11.1. The Labute approximate surface area is 113 Å². The molecule has 1 N–H and O–H groups in total. The summed E-state index contributed by atoms with van der Waals surface area (Å²) < 4.78 is 5.39. The summed E-state index contributed by atoms with van der Waals surface area (Å²) in [5.74, 6) is 1.06. The molecule has 1 aliphatic rings. The Hall–Kier alpha value is -1.59. The summed E-state index contributed by atoms with van der Waals surface area (Å²) in [6.07, 6.45) is 6.71. The van der Waals surface area contributed by atoms with Gasteiger partial charge in [0.15, 0.2) is 0 Å². The van der Waals surface area contributed by atoms with Crippen LogP contribution in [0.25, 0.3) is 0 Å². The van der Waals surface area contributed by atoms with E-state index >= 15 is 0 Å². The molecule has 0 aliphatic carbocycles. The number of hydrogen-bond acceptors (Lipinski definition) is 4. The topological polar surface area (TPSA) is 48.3 Å². The van der Waals surface area contributed by atoms with Crippen molar-refractivity contribution in [3.8, 4) is 0 Å². The number of aromatic nitrogens is 2. The molecule has 1 saturated heterocycles. The van der Waals surface area contributed by atoms with Gasteiger partial charge in [0.2, 0.25) is 0 Å². The first-order chi connectivity index (χ1) is 9.40. The Morgan fingerprint density at radius 1 is 1.21 bits per heavy atom. The average molecular weight is 260 g/mol. The lowest BCUT2D eigenvalue weighted by molar-refractivity contribution is 0.122. The third kappa shape index (κ3) is 3.45. The van der Waals surface area contributed by atoms with Crippen LogP contribution in [0.2, 0.25) is 0 Å². The molecular weight excluding hydrogens is 240 g/mol. The van der Waals surface area contributed by atoms with E-state index < -0.39 is 0 Å². The molecule has 1 aliphatic heterocycles. The molecule has 0 spiro atoms. The van der Waals surface area contributed by atoms with Crippen LogP contribution in [0.1, 0.15) is 11.3 Å². The van der Waals surface area contributed by atoms with Gasteiger partial charge in [-0.3, -0.25) is 10.00 Å². The Morgan fingerprint density at radius 2 is 2.05 bits per heavy atom. The summed E-state index contributed by atoms with van der Waals surface area (Å²) in [5, 5.41) is 6.84. The molecule has 3 rings (SSSR count). The summed E-state index contributed by atoms with van der Waals surface area (Å²) in [7, 11) is 0. The minimum absolute atomic E-state index is 0.933. The lowest BCUT2D eigenvalue weighted by atomic mass is 10.2. The highest BCUT2D eigenvalue weighted by Gasteiger charge is 2.17. The van der Waals surface area contributed by atoms with Crippen molar-refractivity contribution in [2.24, 2.45) is 0 Å². The van der Waals surface area contributed by atoms with Crippen LogP contribution in [0.15, 0.2) is 35.2 Å². The molecule has 0 saturated carbocycles. The molecule has 19 heavy (non-hydrogen) atoms. The van der Waals surface area contributed by atoms with E-state index in [9.17, 15) is 0 Å². The second-order valence-electron chi connectivity index (χ2n) is 5.05. The maximum atomic E-state index is 5.39. The van der Waals surface area contributed by atoms with Gasteiger partial charge < -0.3 is 9.32 Å². The number of rotatable bonds is 5. The second kappa shape index (κ2) is 6.04. The number of nitrogens with one attached hydrogen (secondary N) is 1. The second-order valence-corrected chi connectivity index (χ2v) is 5.05. The molecule has 5 heteroatoms. The fourth-order valence-electron chi connectivity index (χ4n) is 2.50. The monoisotopic (exact) mass is 260 g/mol. The molecule has 0 aromatic carbocycles. The van der Waals surface area contributed by atoms with Gasteiger partial charge in [-0.05, 0) is 24.1 Å². The zero-order valence-electron chi connectivity index (χ0n) is 11.1. The van der Waals surface area contributed by atoms with E-state index in [2.05, 4.69) is 20.0 Å². The molecule has 2 aromatic heterocycles. The van der Waals surface area contributed by atoms with Crippen molar-refractivity contribution in [3.05, 3.63) is 42.1 Å². The van der Waals surface area contributed by atoms with Gasteiger partial charge in [-0.15, -0.1) is 0 Å². The molecule has 102 valence electrons. The molecule has 0 bridgehead atoms. The van der Waals surface area contributed by atoms with Crippen LogP contribution >= 0.6 is 0 Å². The third-order valence-corrected chi connectivity index (χ3v) is 3.70. The maximum Gasteiger partial charge on any atom is 0.117 e. The summed E-state index contributed by atoms with van der Waals surface area (Å²) >= 11 is 0. The van der Waals surface area contributed by atoms with E-state index in [4.69, 9.17) is 4.42 Å². The smallest absolute Gasteiger partial charge is 0.117 e. The number of piperazine rings is 1. The highest BCUT2D eigenvalue weighted by Crippen LogP contribution is 2.09. The third-order valence-electron chi connectivity index (χ3n) is 3.70. The minimum atomic E-state index is 0.933. The van der Waals surface area contributed by atoms with Crippen LogP contribution < -0.4 is 0 Å². The van der Waals surface area contributed by atoms with Crippen molar-refractivity contribution in [2.75, 3.05) is 32.7 Å². The predicted octanol–water partition coefficient (Wildman–Crippen LogP) is 1.36. The van der Waals surface area contributed by atoms with Crippen molar-refractivity contribution >= 4 is 0 Å². The van der Waals surface area contributed by atoms with E-state index in [0.29, 0.717) is 0 Å². The average Bonchev–Trinajstić information content (AvgIpc) is 3.11. The molecule has 1 fully saturated rings. The van der Waals surface area contributed by atoms with Gasteiger partial charge in [0.1, 0.15) is 5.76 Å². The Morgan fingerprint density at radius 3 is 2.74 bits per heavy atom. The van der Waals surface area contributed by atoms with Crippen molar-refractivity contribution < 1.29 is 4.42 Å². The van der Waals surface area contributed by atoms with Crippen LogP contribution in [-0.4, -0.2) is 52.7 Å². The summed E-state index contributed by atoms with van der Waals surface area (Å²) in [4.78, 5) is 4.97. The van der Waals surface area contributed by atoms with E-state index in [1.165, 1.54) is 5.56 Å². The van der Waals surface area contributed by atoms with Crippen molar-refractivity contribution in [2.45, 2.75) is 13.0 Å². The fourth-order valence-corrected chi connectivity index (χ4v) is 2.50. The number of H-pyrrole nitrogens is 1. The van der Waals surface area contributed by atoms with E-state index in [0.717, 1.165) is 51.4 Å². The normalized spacial score (nSPS) is 17.9. The quantitative estimate of drug-likeness (QED) is 0.882. The van der Waals surface area contributed by atoms with Crippen LogP contribution in [0.4, 0.5) is 0 Å². The Bertz CT molecular complexity index is 458. The first-order valence-electron chi connectivity index (χ1n) is 6.85. The SMILES string of the molecule is c1coc(CN2CCN(CCc3cn[nH]c3)CC2)c1. The van der Waals surface area contributed by atoms with E-state index in [1.807, 2.05) is 24.5 Å². The zero-order chi connectivity index (χ0) is 12.9. The summed E-state index contributed by atoms with van der Waals surface area (Å²) in [6.45, 7) is 6.56. The van der Waals surface area contributed by atoms with Gasteiger partial charge in [0, 0.05) is 38.9 Å². The number of aromatic amines is 1. The lowest BCUT2D eigenvalue weighted by Crippen LogP contribution is -2.46. The van der Waals surface area contributed by atoms with Crippen LogP contribution in [0.5, 0.6) is 0 Å². The Kier molecular flexibility index (Phi) is 3.95. The molecule has 5 nitrogen and oxygen atoms in total. The standard InChI is InChI=1S/C14H20N4O/c1-2-14(19-9-1)12-18-7-5-17(6-8-18)4-3-13-10-15-16-11-13/h1-2,9-11H,3-8,12H2,(H,15,16). The van der Waals surface area contributed by atoms with Gasteiger partial charge in [0.05, 0.1) is 19.0 Å². The van der Waals surface area contributed by atoms with Crippen molar-refractivity contribution in [1.82, 2.24) is 20.0 Å². The molecule has 2 aromatic rings. The highest BCUT2D eigenvalue weighted by atomic mass is 16.3. The number of nitrogens with zero attached hydrogens (tertiary/aromatic N) is 3. The van der Waals surface area contributed by atoms with Gasteiger partial charge in [-0.2, -0.15) is 5.10 Å². The first-order valence-corrected chi connectivity index (χ1v) is 6.85. The lowest BCUT2D eigenvalue weighted by Gasteiger charge is -2.34. The van der Waals surface area contributed by atoms with Gasteiger partial charge in [0.25, 0.3) is 0 Å². The van der Waals surface area contributed by atoms with Crippen LogP contribution in [0.3, 0.4) is 0 Å². The largest absolute Gasteiger partial charge is 0.468 e. The molecule has 3 heterocycles. The van der Waals surface area contributed by atoms with E-state index in [1.54, 1.807) is 6.26 Å². The number of hydrogen-bond donors (Lipinski definition) is 1. The first kappa shape index (κ1) is 12.4. The molecule has 0 amide bonds. The van der Waals surface area contributed by atoms with Crippen LogP contribution in [0, 0.1) is 0 Å².